The Labute approximate surface area is 190 Å². The van der Waals surface area contributed by atoms with Crippen LogP contribution in [0.3, 0.4) is 0 Å². The van der Waals surface area contributed by atoms with Gasteiger partial charge in [-0.25, -0.2) is 4.99 Å². The molecule has 3 N–H and O–H groups in total. The number of nitrogens with zero attached hydrogens (tertiary/aromatic N) is 2. The minimum absolute atomic E-state index is 0.176. The maximum absolute atomic E-state index is 12.1. The minimum Gasteiger partial charge on any atom is -0.459 e. The molecule has 1 fully saturated rings. The Morgan fingerprint density at radius 3 is 2.53 bits per heavy atom. The molecule has 1 saturated heterocycles. The van der Waals surface area contributed by atoms with E-state index in [0.29, 0.717) is 25.4 Å². The molecule has 1 amide bonds. The average Bonchev–Trinajstić information content (AvgIpc) is 3.24. The highest BCUT2D eigenvalue weighted by Gasteiger charge is 2.13. The van der Waals surface area contributed by atoms with Crippen LogP contribution >= 0.6 is 0 Å². The lowest BCUT2D eigenvalue weighted by Gasteiger charge is -2.27. The molecule has 0 spiro atoms. The quantitative estimate of drug-likeness (QED) is 0.298. The van der Waals surface area contributed by atoms with Crippen LogP contribution in [0.4, 0.5) is 0 Å². The molecule has 1 aromatic carbocycles. The summed E-state index contributed by atoms with van der Waals surface area (Å²) in [5.41, 5.74) is 3.39. The molecule has 0 aliphatic carbocycles. The highest BCUT2D eigenvalue weighted by atomic mass is 16.5. The molecule has 1 aliphatic rings. The molecule has 174 valence electrons. The van der Waals surface area contributed by atoms with E-state index in [9.17, 15) is 4.79 Å². The van der Waals surface area contributed by atoms with Gasteiger partial charge in [0.1, 0.15) is 0 Å². The van der Waals surface area contributed by atoms with Gasteiger partial charge < -0.3 is 25.1 Å². The van der Waals surface area contributed by atoms with E-state index in [2.05, 4.69) is 52.0 Å². The predicted molar refractivity (Wildman–Crippen MR) is 126 cm³/mol. The SMILES string of the molecule is CCNC(=NCc1ccccc1CN1CCOCC1)NCCCNC(=O)c1occc1C. The summed E-state index contributed by atoms with van der Waals surface area (Å²) in [5, 5.41) is 9.53. The van der Waals surface area contributed by atoms with Crippen molar-refractivity contribution in [3.8, 4) is 0 Å². The van der Waals surface area contributed by atoms with E-state index < -0.39 is 0 Å². The summed E-state index contributed by atoms with van der Waals surface area (Å²) in [4.78, 5) is 19.3. The molecule has 0 unspecified atom stereocenters. The zero-order valence-corrected chi connectivity index (χ0v) is 19.2. The Balaban J connectivity index is 1.46. The second-order valence-electron chi connectivity index (χ2n) is 7.82. The Morgan fingerprint density at radius 2 is 1.81 bits per heavy atom. The van der Waals surface area contributed by atoms with Gasteiger partial charge in [-0.05, 0) is 37.5 Å². The van der Waals surface area contributed by atoms with E-state index in [0.717, 1.165) is 57.3 Å². The smallest absolute Gasteiger partial charge is 0.287 e. The van der Waals surface area contributed by atoms with Crippen molar-refractivity contribution in [3.05, 3.63) is 59.0 Å². The molecule has 8 heteroatoms. The lowest BCUT2D eigenvalue weighted by Crippen LogP contribution is -2.39. The number of carbonyl (C=O) groups excluding carboxylic acids is 1. The molecule has 32 heavy (non-hydrogen) atoms. The average molecular weight is 442 g/mol. The van der Waals surface area contributed by atoms with Crippen LogP contribution in [-0.2, 0) is 17.8 Å². The first kappa shape index (κ1) is 23.8. The number of rotatable bonds is 10. The summed E-state index contributed by atoms with van der Waals surface area (Å²) in [6.07, 6.45) is 2.31. The minimum atomic E-state index is -0.176. The summed E-state index contributed by atoms with van der Waals surface area (Å²) in [5.74, 6) is 0.982. The molecule has 3 rings (SSSR count). The summed E-state index contributed by atoms with van der Waals surface area (Å²) < 4.78 is 10.7. The van der Waals surface area contributed by atoms with E-state index in [1.807, 2.05) is 6.92 Å². The molecule has 0 bridgehead atoms. The van der Waals surface area contributed by atoms with Crippen LogP contribution in [0.5, 0.6) is 0 Å². The number of ether oxygens (including phenoxy) is 1. The number of aliphatic imine (C=N–C) groups is 1. The number of morpholine rings is 1. The Kier molecular flexibility index (Phi) is 9.59. The molecular formula is C24H35N5O3. The highest BCUT2D eigenvalue weighted by Crippen LogP contribution is 2.14. The summed E-state index contributed by atoms with van der Waals surface area (Å²) in [6.45, 7) is 11.1. The zero-order chi connectivity index (χ0) is 22.6. The predicted octanol–water partition coefficient (Wildman–Crippen LogP) is 2.30. The van der Waals surface area contributed by atoms with Gasteiger partial charge in [0.2, 0.25) is 0 Å². The van der Waals surface area contributed by atoms with Crippen LogP contribution in [0, 0.1) is 6.92 Å². The first-order valence-electron chi connectivity index (χ1n) is 11.4. The normalized spacial score (nSPS) is 14.9. The van der Waals surface area contributed by atoms with E-state index in [1.165, 1.54) is 17.4 Å². The molecule has 0 radical (unpaired) electrons. The van der Waals surface area contributed by atoms with Crippen molar-refractivity contribution in [1.82, 2.24) is 20.9 Å². The van der Waals surface area contributed by atoms with Gasteiger partial charge in [0.15, 0.2) is 11.7 Å². The maximum atomic E-state index is 12.1. The molecule has 2 heterocycles. The van der Waals surface area contributed by atoms with Crippen LogP contribution in [0.25, 0.3) is 0 Å². The fraction of sp³-hybridized carbons (Fsp3) is 0.500. The van der Waals surface area contributed by atoms with Gasteiger partial charge in [0.25, 0.3) is 5.91 Å². The van der Waals surface area contributed by atoms with Gasteiger partial charge in [0, 0.05) is 44.8 Å². The van der Waals surface area contributed by atoms with E-state index >= 15 is 0 Å². The van der Waals surface area contributed by atoms with Crippen molar-refractivity contribution in [2.24, 2.45) is 4.99 Å². The molecule has 8 nitrogen and oxygen atoms in total. The number of hydrogen-bond acceptors (Lipinski definition) is 5. The second-order valence-corrected chi connectivity index (χ2v) is 7.82. The molecular weight excluding hydrogens is 406 g/mol. The number of guanidine groups is 1. The summed E-state index contributed by atoms with van der Waals surface area (Å²) >= 11 is 0. The maximum Gasteiger partial charge on any atom is 0.287 e. The molecule has 0 atom stereocenters. The standard InChI is InChI=1S/C24H35N5O3/c1-3-25-24(27-11-6-10-26-23(30)22-19(2)9-14-32-22)28-17-20-7-4-5-8-21(20)18-29-12-15-31-16-13-29/h4-5,7-9,14H,3,6,10-13,15-18H2,1-2H3,(H,26,30)(H2,25,27,28). The van der Waals surface area contributed by atoms with Gasteiger partial charge in [-0.1, -0.05) is 24.3 Å². The van der Waals surface area contributed by atoms with Crippen LogP contribution in [0.1, 0.15) is 40.6 Å². The zero-order valence-electron chi connectivity index (χ0n) is 19.2. The third-order valence-corrected chi connectivity index (χ3v) is 5.37. The Morgan fingerprint density at radius 1 is 1.06 bits per heavy atom. The highest BCUT2D eigenvalue weighted by molar-refractivity contribution is 5.92. The van der Waals surface area contributed by atoms with Gasteiger partial charge in [-0.15, -0.1) is 0 Å². The first-order valence-corrected chi connectivity index (χ1v) is 11.4. The number of furan rings is 1. The van der Waals surface area contributed by atoms with Gasteiger partial charge in [-0.2, -0.15) is 0 Å². The summed E-state index contributed by atoms with van der Waals surface area (Å²) in [6, 6.07) is 10.3. The van der Waals surface area contributed by atoms with E-state index in [4.69, 9.17) is 14.1 Å². The van der Waals surface area contributed by atoms with Crippen LogP contribution in [0.15, 0.2) is 46.0 Å². The lowest BCUT2D eigenvalue weighted by atomic mass is 10.1. The fourth-order valence-electron chi connectivity index (χ4n) is 3.55. The van der Waals surface area contributed by atoms with Crippen molar-refractivity contribution in [2.45, 2.75) is 33.4 Å². The number of hydrogen-bond donors (Lipinski definition) is 3. The topological polar surface area (TPSA) is 91.1 Å². The van der Waals surface area contributed by atoms with Crippen molar-refractivity contribution in [3.63, 3.8) is 0 Å². The number of amides is 1. The van der Waals surface area contributed by atoms with Gasteiger partial charge in [-0.3, -0.25) is 9.69 Å². The van der Waals surface area contributed by atoms with Crippen molar-refractivity contribution >= 4 is 11.9 Å². The second kappa shape index (κ2) is 12.9. The van der Waals surface area contributed by atoms with Gasteiger partial charge >= 0.3 is 0 Å². The molecule has 1 aliphatic heterocycles. The van der Waals surface area contributed by atoms with Gasteiger partial charge in [0.05, 0.1) is 26.0 Å². The van der Waals surface area contributed by atoms with Crippen LogP contribution in [-0.4, -0.2) is 62.7 Å². The number of benzene rings is 1. The third-order valence-electron chi connectivity index (χ3n) is 5.37. The first-order chi connectivity index (χ1) is 15.7. The van der Waals surface area contributed by atoms with Crippen molar-refractivity contribution < 1.29 is 13.9 Å². The summed E-state index contributed by atoms with van der Waals surface area (Å²) in [7, 11) is 0. The largest absolute Gasteiger partial charge is 0.459 e. The monoisotopic (exact) mass is 441 g/mol. The van der Waals surface area contributed by atoms with E-state index in [1.54, 1.807) is 6.07 Å². The lowest BCUT2D eigenvalue weighted by molar-refractivity contribution is 0.0341. The van der Waals surface area contributed by atoms with Crippen molar-refractivity contribution in [2.75, 3.05) is 45.9 Å². The van der Waals surface area contributed by atoms with E-state index in [-0.39, 0.29) is 5.91 Å². The fourth-order valence-corrected chi connectivity index (χ4v) is 3.55. The Bertz CT molecular complexity index is 874. The Hall–Kier alpha value is -2.84. The number of aryl methyl sites for hydroxylation is 1. The number of nitrogens with one attached hydrogen (secondary N) is 3. The number of carbonyl (C=O) groups is 1. The van der Waals surface area contributed by atoms with Crippen LogP contribution in [0.2, 0.25) is 0 Å². The molecule has 0 saturated carbocycles. The van der Waals surface area contributed by atoms with Crippen LogP contribution < -0.4 is 16.0 Å². The van der Waals surface area contributed by atoms with Crippen molar-refractivity contribution in [1.29, 1.82) is 0 Å². The molecule has 2 aromatic rings. The molecule has 1 aromatic heterocycles. The third kappa shape index (κ3) is 7.39.